The van der Waals surface area contributed by atoms with Crippen molar-refractivity contribution in [2.75, 3.05) is 7.11 Å². The number of hydrogen-bond donors (Lipinski definition) is 3. The molecule has 0 spiro atoms. The van der Waals surface area contributed by atoms with E-state index in [9.17, 15) is 19.8 Å². The Hall–Kier alpha value is -2.24. The topological polar surface area (TPSA) is 95.9 Å². The van der Waals surface area contributed by atoms with E-state index in [1.165, 1.54) is 19.2 Å². The molecule has 0 aliphatic carbocycles. The average molecular weight is 281 g/mol. The van der Waals surface area contributed by atoms with Gasteiger partial charge in [-0.25, -0.2) is 4.79 Å². The lowest BCUT2D eigenvalue weighted by atomic mass is 9.95. The molecule has 0 saturated heterocycles. The minimum atomic E-state index is -1.16. The minimum Gasteiger partial charge on any atom is -0.508 e. The lowest BCUT2D eigenvalue weighted by Gasteiger charge is -2.27. The predicted molar refractivity (Wildman–Crippen MR) is 72.6 cm³/mol. The van der Waals surface area contributed by atoms with Crippen LogP contribution in [-0.2, 0) is 9.53 Å². The summed E-state index contributed by atoms with van der Waals surface area (Å²) in [5.74, 6) is -1.66. The molecule has 0 aromatic heterocycles. The number of aromatic hydroxyl groups is 2. The number of phenolic OH excluding ortho intramolecular Hbond substituents is 2. The van der Waals surface area contributed by atoms with Crippen molar-refractivity contribution < 1.29 is 24.5 Å². The van der Waals surface area contributed by atoms with Crippen LogP contribution >= 0.6 is 0 Å². The van der Waals surface area contributed by atoms with Crippen molar-refractivity contribution in [2.24, 2.45) is 0 Å². The number of methoxy groups -OCH3 is 1. The third-order valence-corrected chi connectivity index (χ3v) is 3.00. The molecule has 0 saturated carbocycles. The van der Waals surface area contributed by atoms with Gasteiger partial charge in [-0.1, -0.05) is 13.3 Å². The fourth-order valence-electron chi connectivity index (χ4n) is 1.97. The maximum atomic E-state index is 12.1. The fourth-order valence-corrected chi connectivity index (χ4v) is 1.97. The molecule has 3 N–H and O–H groups in total. The predicted octanol–water partition coefficient (Wildman–Crippen LogP) is 1.56. The van der Waals surface area contributed by atoms with Crippen LogP contribution in [0.3, 0.4) is 0 Å². The zero-order valence-electron chi connectivity index (χ0n) is 11.8. The Morgan fingerprint density at radius 2 is 2.00 bits per heavy atom. The van der Waals surface area contributed by atoms with Crippen LogP contribution in [0, 0.1) is 0 Å². The summed E-state index contributed by atoms with van der Waals surface area (Å²) in [6.45, 7) is 3.45. The SMILES string of the molecule is CCCC(C)(NC(=O)c1ccc(O)cc1O)C(=O)OC. The Morgan fingerprint density at radius 3 is 2.50 bits per heavy atom. The van der Waals surface area contributed by atoms with Crippen molar-refractivity contribution >= 4 is 11.9 Å². The summed E-state index contributed by atoms with van der Waals surface area (Å²) in [5.41, 5.74) is -1.18. The molecule has 1 atom stereocenters. The van der Waals surface area contributed by atoms with Gasteiger partial charge in [0.2, 0.25) is 0 Å². The molecular weight excluding hydrogens is 262 g/mol. The van der Waals surface area contributed by atoms with Crippen LogP contribution in [0.5, 0.6) is 11.5 Å². The molecule has 1 rings (SSSR count). The zero-order valence-corrected chi connectivity index (χ0v) is 11.8. The molecule has 1 aromatic carbocycles. The normalized spacial score (nSPS) is 13.3. The van der Waals surface area contributed by atoms with Crippen molar-refractivity contribution in [1.82, 2.24) is 5.32 Å². The lowest BCUT2D eigenvalue weighted by molar-refractivity contribution is -0.147. The number of rotatable bonds is 5. The Morgan fingerprint density at radius 1 is 1.35 bits per heavy atom. The molecule has 1 amide bonds. The molecule has 20 heavy (non-hydrogen) atoms. The highest BCUT2D eigenvalue weighted by Gasteiger charge is 2.35. The Labute approximate surface area is 117 Å². The third-order valence-electron chi connectivity index (χ3n) is 3.00. The van der Waals surface area contributed by atoms with E-state index in [1.54, 1.807) is 6.92 Å². The monoisotopic (exact) mass is 281 g/mol. The van der Waals surface area contributed by atoms with E-state index in [4.69, 9.17) is 4.74 Å². The first-order valence-electron chi connectivity index (χ1n) is 6.27. The van der Waals surface area contributed by atoms with Crippen LogP contribution in [0.4, 0.5) is 0 Å². The number of carbonyl (C=O) groups excluding carboxylic acids is 2. The van der Waals surface area contributed by atoms with Crippen LogP contribution in [0.1, 0.15) is 37.0 Å². The van der Waals surface area contributed by atoms with Gasteiger partial charge in [-0.2, -0.15) is 0 Å². The van der Waals surface area contributed by atoms with Crippen LogP contribution in [0.15, 0.2) is 18.2 Å². The van der Waals surface area contributed by atoms with Gasteiger partial charge < -0.3 is 20.3 Å². The van der Waals surface area contributed by atoms with E-state index in [-0.39, 0.29) is 17.1 Å². The second-order valence-electron chi connectivity index (χ2n) is 4.73. The van der Waals surface area contributed by atoms with Gasteiger partial charge in [0.25, 0.3) is 5.91 Å². The molecule has 1 aromatic rings. The smallest absolute Gasteiger partial charge is 0.331 e. The zero-order chi connectivity index (χ0) is 15.3. The Bertz CT molecular complexity index is 514. The van der Waals surface area contributed by atoms with Gasteiger partial charge in [-0.15, -0.1) is 0 Å². The summed E-state index contributed by atoms with van der Waals surface area (Å²) >= 11 is 0. The van der Waals surface area contributed by atoms with E-state index >= 15 is 0 Å². The minimum absolute atomic E-state index is 0.0194. The van der Waals surface area contributed by atoms with Gasteiger partial charge >= 0.3 is 5.97 Å². The van der Waals surface area contributed by atoms with Gasteiger partial charge in [0.1, 0.15) is 17.0 Å². The summed E-state index contributed by atoms with van der Waals surface area (Å²) in [6.07, 6.45) is 1.08. The average Bonchev–Trinajstić information content (AvgIpc) is 2.37. The van der Waals surface area contributed by atoms with E-state index in [0.29, 0.717) is 12.8 Å². The van der Waals surface area contributed by atoms with Crippen LogP contribution < -0.4 is 5.32 Å². The summed E-state index contributed by atoms with van der Waals surface area (Å²) in [4.78, 5) is 23.9. The van der Waals surface area contributed by atoms with Gasteiger partial charge in [0.05, 0.1) is 12.7 Å². The van der Waals surface area contributed by atoms with Gasteiger partial charge in [-0.05, 0) is 25.5 Å². The number of esters is 1. The third kappa shape index (κ3) is 3.40. The molecule has 6 nitrogen and oxygen atoms in total. The molecule has 0 bridgehead atoms. The first kappa shape index (κ1) is 15.8. The largest absolute Gasteiger partial charge is 0.508 e. The number of carbonyl (C=O) groups is 2. The second-order valence-corrected chi connectivity index (χ2v) is 4.73. The molecule has 110 valence electrons. The van der Waals surface area contributed by atoms with Gasteiger partial charge in [0.15, 0.2) is 0 Å². The van der Waals surface area contributed by atoms with Gasteiger partial charge in [0, 0.05) is 6.07 Å². The van der Waals surface area contributed by atoms with E-state index in [1.807, 2.05) is 6.92 Å². The van der Waals surface area contributed by atoms with Crippen molar-refractivity contribution in [1.29, 1.82) is 0 Å². The fraction of sp³-hybridized carbons (Fsp3) is 0.429. The number of phenols is 2. The number of nitrogens with one attached hydrogen (secondary N) is 1. The molecule has 0 fully saturated rings. The number of hydrogen-bond acceptors (Lipinski definition) is 5. The Balaban J connectivity index is 2.99. The van der Waals surface area contributed by atoms with Crippen molar-refractivity contribution in [3.8, 4) is 11.5 Å². The van der Waals surface area contributed by atoms with Crippen LogP contribution in [-0.4, -0.2) is 34.7 Å². The molecule has 1 unspecified atom stereocenters. The summed E-state index contributed by atoms with van der Waals surface area (Å²) in [7, 11) is 1.25. The van der Waals surface area contributed by atoms with E-state index < -0.39 is 17.4 Å². The number of amides is 1. The molecule has 0 heterocycles. The number of ether oxygens (including phenoxy) is 1. The molecule has 6 heteroatoms. The maximum Gasteiger partial charge on any atom is 0.331 e. The van der Waals surface area contributed by atoms with Crippen LogP contribution in [0.2, 0.25) is 0 Å². The van der Waals surface area contributed by atoms with E-state index in [0.717, 1.165) is 6.07 Å². The Kier molecular flexibility index (Phi) is 4.96. The molecule has 0 aliphatic heterocycles. The highest BCUT2D eigenvalue weighted by atomic mass is 16.5. The quantitative estimate of drug-likeness (QED) is 0.712. The van der Waals surface area contributed by atoms with Crippen molar-refractivity contribution in [3.05, 3.63) is 23.8 Å². The maximum absolute atomic E-state index is 12.1. The highest BCUT2D eigenvalue weighted by molar-refractivity contribution is 6.00. The van der Waals surface area contributed by atoms with Crippen LogP contribution in [0.25, 0.3) is 0 Å². The van der Waals surface area contributed by atoms with E-state index in [2.05, 4.69) is 5.32 Å². The van der Waals surface area contributed by atoms with Crippen molar-refractivity contribution in [2.45, 2.75) is 32.2 Å². The molecule has 0 aliphatic rings. The van der Waals surface area contributed by atoms with Crippen molar-refractivity contribution in [3.63, 3.8) is 0 Å². The highest BCUT2D eigenvalue weighted by Crippen LogP contribution is 2.24. The lowest BCUT2D eigenvalue weighted by Crippen LogP contribution is -2.52. The summed E-state index contributed by atoms with van der Waals surface area (Å²) in [6, 6.07) is 3.62. The first-order valence-corrected chi connectivity index (χ1v) is 6.27. The summed E-state index contributed by atoms with van der Waals surface area (Å²) in [5, 5.41) is 21.4. The first-order chi connectivity index (χ1) is 9.34. The molecular formula is C14H19NO5. The summed E-state index contributed by atoms with van der Waals surface area (Å²) < 4.78 is 4.70. The van der Waals surface area contributed by atoms with Gasteiger partial charge in [-0.3, -0.25) is 4.79 Å². The second kappa shape index (κ2) is 6.27. The standard InChI is InChI=1S/C14H19NO5/c1-4-7-14(2,13(19)20-3)15-12(18)10-6-5-9(16)8-11(10)17/h5-6,8,16-17H,4,7H2,1-3H3,(H,15,18). The number of benzene rings is 1. The molecule has 0 radical (unpaired) electrons.